The van der Waals surface area contributed by atoms with Gasteiger partial charge in [0.1, 0.15) is 5.82 Å². The summed E-state index contributed by atoms with van der Waals surface area (Å²) < 4.78 is 0. The quantitative estimate of drug-likeness (QED) is 0.633. The second kappa shape index (κ2) is 8.68. The van der Waals surface area contributed by atoms with Crippen molar-refractivity contribution in [2.24, 2.45) is 5.92 Å². The molecule has 1 saturated carbocycles. The summed E-state index contributed by atoms with van der Waals surface area (Å²) in [7, 11) is 0. The lowest BCUT2D eigenvalue weighted by atomic mass is 9.81. The van der Waals surface area contributed by atoms with E-state index in [1.165, 1.54) is 19.3 Å². The number of nitrogens with zero attached hydrogens (tertiary/aromatic N) is 2. The van der Waals surface area contributed by atoms with Crippen LogP contribution in [0.15, 0.2) is 24.4 Å². The molecule has 1 heterocycles. The number of nitrogen functional groups attached to an aromatic ring is 1. The predicted octanol–water partition coefficient (Wildman–Crippen LogP) is 4.28. The fourth-order valence-electron chi connectivity index (χ4n) is 3.95. The van der Waals surface area contributed by atoms with Gasteiger partial charge in [-0.15, -0.1) is 0 Å². The Morgan fingerprint density at radius 2 is 1.97 bits per heavy atom. The van der Waals surface area contributed by atoms with Crippen molar-refractivity contribution < 1.29 is 9.59 Å². The molecule has 0 saturated heterocycles. The van der Waals surface area contributed by atoms with Crippen molar-refractivity contribution in [2.75, 3.05) is 16.0 Å². The lowest BCUT2D eigenvalue weighted by Gasteiger charge is -2.34. The highest BCUT2D eigenvalue weighted by atomic mass is 16.2. The summed E-state index contributed by atoms with van der Waals surface area (Å²) in [5.74, 6) is 1.13. The van der Waals surface area contributed by atoms with Crippen LogP contribution < -0.4 is 21.3 Å². The number of carbonyl (C=O) groups is 2. The van der Waals surface area contributed by atoms with E-state index in [9.17, 15) is 9.59 Å². The third-order valence-corrected chi connectivity index (χ3v) is 5.47. The Hall–Kier alpha value is -2.83. The predicted molar refractivity (Wildman–Crippen MR) is 118 cm³/mol. The summed E-state index contributed by atoms with van der Waals surface area (Å²) in [4.78, 5) is 30.5. The van der Waals surface area contributed by atoms with Crippen molar-refractivity contribution in [1.82, 2.24) is 10.3 Å². The molecule has 3 rings (SSSR count). The van der Waals surface area contributed by atoms with Gasteiger partial charge in [-0.05, 0) is 56.7 Å². The Balaban J connectivity index is 1.90. The zero-order chi connectivity index (χ0) is 21.1. The number of carbonyl (C=O) groups excluding carboxylic acids is 2. The van der Waals surface area contributed by atoms with Gasteiger partial charge in [-0.25, -0.2) is 9.78 Å². The SMILES string of the molecule is CC(=O)N(c1cc(N)c2cnc(NC(=O)NC(C)C)cc2c1)C(C)CC1CCC1. The number of anilines is 3. The van der Waals surface area contributed by atoms with Crippen LogP contribution in [-0.4, -0.2) is 29.0 Å². The molecule has 0 radical (unpaired) electrons. The minimum atomic E-state index is -0.310. The molecule has 1 fully saturated rings. The fraction of sp³-hybridized carbons (Fsp3) is 0.500. The summed E-state index contributed by atoms with van der Waals surface area (Å²) in [5.41, 5.74) is 7.61. The van der Waals surface area contributed by atoms with Gasteiger partial charge in [0.25, 0.3) is 0 Å². The van der Waals surface area contributed by atoms with Gasteiger partial charge in [-0.3, -0.25) is 10.1 Å². The average molecular weight is 398 g/mol. The number of urea groups is 1. The minimum absolute atomic E-state index is 0.000658. The number of benzene rings is 1. The molecule has 1 aromatic carbocycles. The van der Waals surface area contributed by atoms with Crippen molar-refractivity contribution in [2.45, 2.75) is 65.5 Å². The maximum atomic E-state index is 12.4. The molecule has 0 aliphatic heterocycles. The van der Waals surface area contributed by atoms with Crippen molar-refractivity contribution in [3.8, 4) is 0 Å². The number of aromatic nitrogens is 1. The molecule has 1 aliphatic rings. The van der Waals surface area contributed by atoms with Crippen LogP contribution in [0.25, 0.3) is 10.8 Å². The maximum absolute atomic E-state index is 12.4. The third-order valence-electron chi connectivity index (χ3n) is 5.47. The van der Waals surface area contributed by atoms with E-state index in [4.69, 9.17) is 5.73 Å². The summed E-state index contributed by atoms with van der Waals surface area (Å²) in [6.45, 7) is 7.46. The van der Waals surface area contributed by atoms with E-state index in [1.54, 1.807) is 19.2 Å². The number of hydrogen-bond donors (Lipinski definition) is 3. The lowest BCUT2D eigenvalue weighted by molar-refractivity contribution is -0.117. The number of fused-ring (bicyclic) bond motifs is 1. The Morgan fingerprint density at radius 3 is 2.55 bits per heavy atom. The van der Waals surface area contributed by atoms with E-state index in [1.807, 2.05) is 30.9 Å². The molecule has 1 atom stereocenters. The Morgan fingerprint density at radius 1 is 1.24 bits per heavy atom. The molecule has 29 heavy (non-hydrogen) atoms. The first kappa shape index (κ1) is 20.9. The van der Waals surface area contributed by atoms with Crippen LogP contribution >= 0.6 is 0 Å². The van der Waals surface area contributed by atoms with Gasteiger partial charge in [-0.1, -0.05) is 19.3 Å². The van der Waals surface area contributed by atoms with Gasteiger partial charge in [0.05, 0.1) is 0 Å². The number of hydrogen-bond acceptors (Lipinski definition) is 4. The van der Waals surface area contributed by atoms with Gasteiger partial charge in [0.15, 0.2) is 0 Å². The largest absolute Gasteiger partial charge is 0.398 e. The molecular formula is C22H31N5O2. The Labute approximate surface area is 172 Å². The smallest absolute Gasteiger partial charge is 0.320 e. The first-order valence-corrected chi connectivity index (χ1v) is 10.3. The highest BCUT2D eigenvalue weighted by Crippen LogP contribution is 2.35. The number of pyridine rings is 1. The number of rotatable bonds is 6. The molecular weight excluding hydrogens is 366 g/mol. The van der Waals surface area contributed by atoms with Crippen LogP contribution in [0, 0.1) is 5.92 Å². The van der Waals surface area contributed by atoms with Crippen LogP contribution in [0.3, 0.4) is 0 Å². The molecule has 4 N–H and O–H groups in total. The molecule has 3 amide bonds. The average Bonchev–Trinajstić information content (AvgIpc) is 2.57. The molecule has 1 unspecified atom stereocenters. The van der Waals surface area contributed by atoms with Crippen LogP contribution in [0.1, 0.15) is 53.4 Å². The van der Waals surface area contributed by atoms with Crippen molar-refractivity contribution in [1.29, 1.82) is 0 Å². The van der Waals surface area contributed by atoms with E-state index in [2.05, 4.69) is 22.5 Å². The number of nitrogens with two attached hydrogens (primary N) is 1. The van der Waals surface area contributed by atoms with Crippen molar-refractivity contribution in [3.63, 3.8) is 0 Å². The maximum Gasteiger partial charge on any atom is 0.320 e. The van der Waals surface area contributed by atoms with E-state index in [0.29, 0.717) is 17.4 Å². The Bertz CT molecular complexity index is 907. The molecule has 0 spiro atoms. The van der Waals surface area contributed by atoms with Gasteiger partial charge >= 0.3 is 6.03 Å². The highest BCUT2D eigenvalue weighted by molar-refractivity contribution is 6.01. The van der Waals surface area contributed by atoms with E-state index in [-0.39, 0.29) is 24.0 Å². The second-order valence-corrected chi connectivity index (χ2v) is 8.35. The van der Waals surface area contributed by atoms with Crippen LogP contribution in [0.4, 0.5) is 22.0 Å². The van der Waals surface area contributed by atoms with Gasteiger partial charge < -0.3 is 16.0 Å². The molecule has 1 aliphatic carbocycles. The van der Waals surface area contributed by atoms with Crippen LogP contribution in [-0.2, 0) is 4.79 Å². The number of nitrogens with one attached hydrogen (secondary N) is 2. The van der Waals surface area contributed by atoms with Gasteiger partial charge in [-0.2, -0.15) is 0 Å². The molecule has 7 nitrogen and oxygen atoms in total. The van der Waals surface area contributed by atoms with Gasteiger partial charge in [0, 0.05) is 42.0 Å². The van der Waals surface area contributed by atoms with E-state index in [0.717, 1.165) is 22.9 Å². The Kier molecular flexibility index (Phi) is 6.25. The molecule has 7 heteroatoms. The monoisotopic (exact) mass is 397 g/mol. The molecule has 156 valence electrons. The summed E-state index contributed by atoms with van der Waals surface area (Å²) in [5, 5.41) is 7.13. The molecule has 1 aromatic heterocycles. The van der Waals surface area contributed by atoms with Gasteiger partial charge in [0.2, 0.25) is 5.91 Å². The topological polar surface area (TPSA) is 100 Å². The number of amides is 3. The highest BCUT2D eigenvalue weighted by Gasteiger charge is 2.26. The molecule has 0 bridgehead atoms. The lowest BCUT2D eigenvalue weighted by Crippen LogP contribution is -2.39. The van der Waals surface area contributed by atoms with E-state index >= 15 is 0 Å². The summed E-state index contributed by atoms with van der Waals surface area (Å²) >= 11 is 0. The second-order valence-electron chi connectivity index (χ2n) is 8.35. The zero-order valence-corrected chi connectivity index (χ0v) is 17.7. The summed E-state index contributed by atoms with van der Waals surface area (Å²) in [6, 6.07) is 5.38. The van der Waals surface area contributed by atoms with Crippen LogP contribution in [0.5, 0.6) is 0 Å². The zero-order valence-electron chi connectivity index (χ0n) is 17.7. The van der Waals surface area contributed by atoms with Crippen molar-refractivity contribution in [3.05, 3.63) is 24.4 Å². The minimum Gasteiger partial charge on any atom is -0.398 e. The first-order valence-electron chi connectivity index (χ1n) is 10.3. The standard InChI is InChI=1S/C22H31N5O2/c1-13(2)25-22(29)26-21-10-17-9-18(11-20(23)19(17)12-24-21)27(15(4)28)14(3)8-16-6-5-7-16/h9-14,16H,5-8,23H2,1-4H3,(H2,24,25,26,29). The first-order chi connectivity index (χ1) is 13.7. The van der Waals surface area contributed by atoms with Crippen LogP contribution in [0.2, 0.25) is 0 Å². The third kappa shape index (κ3) is 4.96. The normalized spacial score (nSPS) is 15.1. The fourth-order valence-corrected chi connectivity index (χ4v) is 3.95. The van der Waals surface area contributed by atoms with Crippen molar-refractivity contribution >= 4 is 39.9 Å². The summed E-state index contributed by atoms with van der Waals surface area (Å²) in [6.07, 6.45) is 6.42. The van der Waals surface area contributed by atoms with E-state index < -0.39 is 0 Å². The molecule has 2 aromatic rings.